The van der Waals surface area contributed by atoms with Gasteiger partial charge in [-0.3, -0.25) is 0 Å². The first-order valence-corrected chi connectivity index (χ1v) is 3.75. The molecule has 0 amide bonds. The number of hydrogen-bond donors (Lipinski definition) is 2. The van der Waals surface area contributed by atoms with Crippen molar-refractivity contribution >= 4 is 5.82 Å². The van der Waals surface area contributed by atoms with Crippen LogP contribution in [0.2, 0.25) is 0 Å². The Morgan fingerprint density at radius 2 is 2.25 bits per heavy atom. The fourth-order valence-electron chi connectivity index (χ4n) is 1.37. The quantitative estimate of drug-likeness (QED) is 0.605. The van der Waals surface area contributed by atoms with Crippen LogP contribution in [0.4, 0.5) is 10.3 Å². The van der Waals surface area contributed by atoms with Gasteiger partial charge in [0.1, 0.15) is 5.82 Å². The van der Waals surface area contributed by atoms with E-state index in [4.69, 9.17) is 0 Å². The lowest BCUT2D eigenvalue weighted by Gasteiger charge is -2.03. The molecule has 0 unspecified atom stereocenters. The van der Waals surface area contributed by atoms with Gasteiger partial charge in [-0.05, 0) is 6.92 Å². The SMILES string of the molecule is Cc1nc2c(c(NF)n1)CNC2. The lowest BCUT2D eigenvalue weighted by molar-refractivity contribution is 0.607. The maximum absolute atomic E-state index is 12.2. The first-order valence-electron chi connectivity index (χ1n) is 3.75. The zero-order chi connectivity index (χ0) is 8.55. The van der Waals surface area contributed by atoms with Crippen molar-refractivity contribution in [2.45, 2.75) is 20.0 Å². The van der Waals surface area contributed by atoms with Gasteiger partial charge in [0.15, 0.2) is 5.82 Å². The van der Waals surface area contributed by atoms with Gasteiger partial charge < -0.3 is 5.32 Å². The monoisotopic (exact) mass is 168 g/mol. The molecule has 0 atom stereocenters. The highest BCUT2D eigenvalue weighted by molar-refractivity contribution is 5.46. The molecule has 0 spiro atoms. The number of nitrogens with zero attached hydrogens (tertiary/aromatic N) is 2. The lowest BCUT2D eigenvalue weighted by Crippen LogP contribution is -2.01. The molecule has 1 aromatic rings. The van der Waals surface area contributed by atoms with Crippen molar-refractivity contribution in [1.29, 1.82) is 0 Å². The van der Waals surface area contributed by atoms with Gasteiger partial charge in [-0.2, -0.15) is 0 Å². The van der Waals surface area contributed by atoms with Gasteiger partial charge in [0.05, 0.1) is 5.69 Å². The van der Waals surface area contributed by atoms with E-state index in [1.807, 2.05) is 0 Å². The van der Waals surface area contributed by atoms with E-state index in [0.29, 0.717) is 24.7 Å². The second-order valence-electron chi connectivity index (χ2n) is 2.74. The molecule has 1 aromatic heterocycles. The molecule has 1 aliphatic heterocycles. The smallest absolute Gasteiger partial charge is 0.162 e. The summed E-state index contributed by atoms with van der Waals surface area (Å²) in [6, 6.07) is 0. The van der Waals surface area contributed by atoms with Crippen LogP contribution in [0.15, 0.2) is 0 Å². The third-order valence-electron chi connectivity index (χ3n) is 1.89. The third kappa shape index (κ3) is 1.02. The molecular formula is C7H9FN4. The molecule has 0 radical (unpaired) electrons. The predicted molar refractivity (Wildman–Crippen MR) is 42.0 cm³/mol. The Morgan fingerprint density at radius 1 is 1.42 bits per heavy atom. The van der Waals surface area contributed by atoms with Gasteiger partial charge >= 0.3 is 0 Å². The zero-order valence-electron chi connectivity index (χ0n) is 6.69. The second kappa shape index (κ2) is 2.67. The van der Waals surface area contributed by atoms with E-state index in [2.05, 4.69) is 15.3 Å². The van der Waals surface area contributed by atoms with Crippen molar-refractivity contribution in [3.63, 3.8) is 0 Å². The number of anilines is 1. The standard InChI is InChI=1S/C7H9FN4/c1-4-10-6-3-9-2-5(6)7(11-4)12-8/h9H,2-3H2,1H3,(H,10,11,12). The second-order valence-corrected chi connectivity index (χ2v) is 2.74. The Kier molecular flexibility index (Phi) is 1.65. The Hall–Kier alpha value is -1.23. The Morgan fingerprint density at radius 3 is 3.00 bits per heavy atom. The summed E-state index contributed by atoms with van der Waals surface area (Å²) in [4.78, 5) is 8.11. The summed E-state index contributed by atoms with van der Waals surface area (Å²) >= 11 is 0. The molecule has 1 aliphatic rings. The average molecular weight is 168 g/mol. The minimum Gasteiger partial charge on any atom is -0.307 e. The highest BCUT2D eigenvalue weighted by Crippen LogP contribution is 2.20. The highest BCUT2D eigenvalue weighted by Gasteiger charge is 2.17. The van der Waals surface area contributed by atoms with E-state index in [-0.39, 0.29) is 0 Å². The number of rotatable bonds is 1. The average Bonchev–Trinajstić information content (AvgIpc) is 2.50. The molecule has 0 saturated heterocycles. The maximum Gasteiger partial charge on any atom is 0.162 e. The summed E-state index contributed by atoms with van der Waals surface area (Å²) in [5.74, 6) is 0.889. The maximum atomic E-state index is 12.2. The molecule has 0 saturated carbocycles. The molecule has 5 heteroatoms. The molecule has 0 fully saturated rings. The fraction of sp³-hybridized carbons (Fsp3) is 0.429. The van der Waals surface area contributed by atoms with Crippen molar-refractivity contribution in [2.24, 2.45) is 0 Å². The number of fused-ring (bicyclic) bond motifs is 1. The number of aryl methyl sites for hydroxylation is 1. The minimum atomic E-state index is 0.294. The van der Waals surface area contributed by atoms with E-state index in [0.717, 1.165) is 11.3 Å². The van der Waals surface area contributed by atoms with Crippen LogP contribution < -0.4 is 10.9 Å². The van der Waals surface area contributed by atoms with Crippen molar-refractivity contribution in [1.82, 2.24) is 15.3 Å². The Bertz CT molecular complexity index is 313. The van der Waals surface area contributed by atoms with Crippen LogP contribution in [0.5, 0.6) is 0 Å². The lowest BCUT2D eigenvalue weighted by atomic mass is 10.2. The molecule has 2 rings (SSSR count). The molecule has 0 bridgehead atoms. The zero-order valence-corrected chi connectivity index (χ0v) is 6.69. The summed E-state index contributed by atoms with van der Waals surface area (Å²) in [5, 5.41) is 3.08. The summed E-state index contributed by atoms with van der Waals surface area (Å²) in [6.07, 6.45) is 0. The van der Waals surface area contributed by atoms with Crippen LogP contribution in [-0.2, 0) is 13.1 Å². The van der Waals surface area contributed by atoms with Gasteiger partial charge in [0.25, 0.3) is 0 Å². The van der Waals surface area contributed by atoms with E-state index in [9.17, 15) is 4.48 Å². The largest absolute Gasteiger partial charge is 0.307 e. The summed E-state index contributed by atoms with van der Waals surface area (Å²) in [5.41, 5.74) is 3.30. The number of hydrogen-bond acceptors (Lipinski definition) is 4. The normalized spacial score (nSPS) is 14.5. The number of nitrogens with one attached hydrogen (secondary N) is 2. The van der Waals surface area contributed by atoms with Crippen LogP contribution in [0.1, 0.15) is 17.1 Å². The van der Waals surface area contributed by atoms with Crippen LogP contribution in [0.3, 0.4) is 0 Å². The fourth-order valence-corrected chi connectivity index (χ4v) is 1.37. The van der Waals surface area contributed by atoms with Crippen LogP contribution in [0.25, 0.3) is 0 Å². The summed E-state index contributed by atoms with van der Waals surface area (Å²) < 4.78 is 12.2. The van der Waals surface area contributed by atoms with Gasteiger partial charge in [-0.15, -0.1) is 4.48 Å². The van der Waals surface area contributed by atoms with Crippen molar-refractivity contribution in [3.8, 4) is 0 Å². The molecule has 2 N–H and O–H groups in total. The third-order valence-corrected chi connectivity index (χ3v) is 1.89. The van der Waals surface area contributed by atoms with Gasteiger partial charge in [-0.1, -0.05) is 0 Å². The first-order chi connectivity index (χ1) is 5.81. The summed E-state index contributed by atoms with van der Waals surface area (Å²) in [7, 11) is 0. The van der Waals surface area contributed by atoms with Crippen molar-refractivity contribution in [2.75, 3.05) is 5.54 Å². The van der Waals surface area contributed by atoms with E-state index >= 15 is 0 Å². The van der Waals surface area contributed by atoms with Gasteiger partial charge in [0, 0.05) is 18.7 Å². The van der Waals surface area contributed by atoms with Gasteiger partial charge in [0.2, 0.25) is 0 Å². The van der Waals surface area contributed by atoms with E-state index in [1.54, 1.807) is 12.5 Å². The van der Waals surface area contributed by atoms with Gasteiger partial charge in [-0.25, -0.2) is 15.5 Å². The van der Waals surface area contributed by atoms with E-state index < -0.39 is 0 Å². The van der Waals surface area contributed by atoms with Crippen LogP contribution in [0, 0.1) is 6.92 Å². The first kappa shape index (κ1) is 7.42. The van der Waals surface area contributed by atoms with Crippen LogP contribution >= 0.6 is 0 Å². The molecule has 4 nitrogen and oxygen atoms in total. The molecule has 64 valence electrons. The predicted octanol–water partition coefficient (Wildman–Crippen LogP) is 0.685. The topological polar surface area (TPSA) is 49.8 Å². The summed E-state index contributed by atoms with van der Waals surface area (Å²) in [6.45, 7) is 3.09. The molecule has 0 aromatic carbocycles. The number of aromatic nitrogens is 2. The molecule has 2 heterocycles. The minimum absolute atomic E-state index is 0.294. The molecule has 12 heavy (non-hydrogen) atoms. The highest BCUT2D eigenvalue weighted by atomic mass is 19.2. The van der Waals surface area contributed by atoms with Crippen molar-refractivity contribution in [3.05, 3.63) is 17.1 Å². The molecule has 0 aliphatic carbocycles. The van der Waals surface area contributed by atoms with Crippen molar-refractivity contribution < 1.29 is 4.48 Å². The van der Waals surface area contributed by atoms with Crippen LogP contribution in [-0.4, -0.2) is 9.97 Å². The van der Waals surface area contributed by atoms with E-state index in [1.165, 1.54) is 0 Å². The molecular weight excluding hydrogens is 159 g/mol. The Balaban J connectivity index is 2.55. The Labute approximate surface area is 69.2 Å². The number of halogens is 1.